The molecule has 0 fully saturated rings. The minimum atomic E-state index is -0.846. The van der Waals surface area contributed by atoms with Crippen LogP contribution < -0.4 is 20.1 Å². The molecule has 1 unspecified atom stereocenters. The zero-order valence-electron chi connectivity index (χ0n) is 16.2. The smallest absolute Gasteiger partial charge is 0.265 e. The molecule has 2 aromatic carbocycles. The highest BCUT2D eigenvalue weighted by molar-refractivity contribution is 5.97. The zero-order valence-corrected chi connectivity index (χ0v) is 16.2. The minimum Gasteiger partial charge on any atom is -0.485 e. The number of amides is 2. The van der Waals surface area contributed by atoms with Gasteiger partial charge in [-0.3, -0.25) is 9.59 Å². The average Bonchev–Trinajstić information content (AvgIpc) is 2.79. The molecule has 2 N–H and O–H groups in total. The number of pyridine rings is 1. The van der Waals surface area contributed by atoms with Gasteiger partial charge in [-0.2, -0.15) is 0 Å². The highest BCUT2D eigenvalue weighted by atomic mass is 16.6. The Labute approximate surface area is 174 Å². The molecule has 0 bridgehead atoms. The Morgan fingerprint density at radius 3 is 2.47 bits per heavy atom. The molecule has 152 valence electrons. The highest BCUT2D eigenvalue weighted by Crippen LogP contribution is 2.30. The number of hydrogen-bond donors (Lipinski definition) is 2. The Balaban J connectivity index is 1.47. The number of rotatable bonds is 6. The Hall–Kier alpha value is -3.87. The summed E-state index contributed by atoms with van der Waals surface area (Å²) in [5.41, 5.74) is 0.921. The standard InChI is InChI=1S/C23H21N3O4/c27-22(26-21-12-6-7-13-24-21)17(14-16-8-2-1-3-9-16)25-23(28)20-15-29-18-10-4-5-11-19(18)30-20/h1-13,17,20H,14-15H2,(H,25,28)(H,24,26,27)/t17-,20?/m0/s1. The van der Waals surface area contributed by atoms with E-state index in [9.17, 15) is 9.59 Å². The zero-order chi connectivity index (χ0) is 20.8. The lowest BCUT2D eigenvalue weighted by Gasteiger charge is -2.27. The van der Waals surface area contributed by atoms with Crippen molar-refractivity contribution in [2.45, 2.75) is 18.6 Å². The van der Waals surface area contributed by atoms with E-state index in [0.717, 1.165) is 5.56 Å². The summed E-state index contributed by atoms with van der Waals surface area (Å²) >= 11 is 0. The lowest BCUT2D eigenvalue weighted by molar-refractivity contribution is -0.133. The number of ether oxygens (including phenoxy) is 2. The van der Waals surface area contributed by atoms with Crippen molar-refractivity contribution in [3.8, 4) is 11.5 Å². The fraction of sp³-hybridized carbons (Fsp3) is 0.174. The number of fused-ring (bicyclic) bond motifs is 1. The van der Waals surface area contributed by atoms with Gasteiger partial charge in [-0.1, -0.05) is 48.5 Å². The van der Waals surface area contributed by atoms with Crippen LogP contribution in [0, 0.1) is 0 Å². The predicted molar refractivity (Wildman–Crippen MR) is 111 cm³/mol. The van der Waals surface area contributed by atoms with Crippen molar-refractivity contribution in [2.75, 3.05) is 11.9 Å². The van der Waals surface area contributed by atoms with Crippen LogP contribution in [0.4, 0.5) is 5.82 Å². The van der Waals surface area contributed by atoms with Crippen molar-refractivity contribution < 1.29 is 19.1 Å². The molecule has 3 aromatic rings. The van der Waals surface area contributed by atoms with Gasteiger partial charge in [0.05, 0.1) is 0 Å². The monoisotopic (exact) mass is 403 g/mol. The van der Waals surface area contributed by atoms with E-state index in [2.05, 4.69) is 15.6 Å². The third kappa shape index (κ3) is 4.75. The summed E-state index contributed by atoms with van der Waals surface area (Å²) in [5.74, 6) is 0.738. The van der Waals surface area contributed by atoms with Crippen LogP contribution in [0.15, 0.2) is 79.0 Å². The van der Waals surface area contributed by atoms with Crippen LogP contribution in [0.2, 0.25) is 0 Å². The van der Waals surface area contributed by atoms with Crippen molar-refractivity contribution in [3.63, 3.8) is 0 Å². The lowest BCUT2D eigenvalue weighted by atomic mass is 10.0. The first-order valence-electron chi connectivity index (χ1n) is 9.64. The molecule has 7 heteroatoms. The first kappa shape index (κ1) is 19.4. The van der Waals surface area contributed by atoms with Gasteiger partial charge in [0.1, 0.15) is 18.5 Å². The molecule has 2 atom stereocenters. The van der Waals surface area contributed by atoms with E-state index in [1.807, 2.05) is 36.4 Å². The summed E-state index contributed by atoms with van der Waals surface area (Å²) in [4.78, 5) is 29.9. The molecule has 0 spiro atoms. The summed E-state index contributed by atoms with van der Waals surface area (Å²) in [6.07, 6.45) is 1.07. The number of benzene rings is 2. The number of carbonyl (C=O) groups is 2. The topological polar surface area (TPSA) is 89.6 Å². The van der Waals surface area contributed by atoms with E-state index < -0.39 is 18.1 Å². The predicted octanol–water partition coefficient (Wildman–Crippen LogP) is 2.59. The third-order valence-corrected chi connectivity index (χ3v) is 4.63. The molecular weight excluding hydrogens is 382 g/mol. The molecule has 0 aliphatic carbocycles. The third-order valence-electron chi connectivity index (χ3n) is 4.63. The van der Waals surface area contributed by atoms with Crippen molar-refractivity contribution in [1.82, 2.24) is 10.3 Å². The molecule has 0 saturated heterocycles. The fourth-order valence-corrected chi connectivity index (χ4v) is 3.12. The first-order valence-corrected chi connectivity index (χ1v) is 9.64. The van der Waals surface area contributed by atoms with E-state index in [-0.39, 0.29) is 12.5 Å². The number of nitrogens with one attached hydrogen (secondary N) is 2. The van der Waals surface area contributed by atoms with Gasteiger partial charge in [0.25, 0.3) is 5.91 Å². The van der Waals surface area contributed by atoms with E-state index in [1.54, 1.807) is 42.6 Å². The van der Waals surface area contributed by atoms with Crippen molar-refractivity contribution in [3.05, 3.63) is 84.6 Å². The Morgan fingerprint density at radius 2 is 1.70 bits per heavy atom. The summed E-state index contributed by atoms with van der Waals surface area (Å²) in [6, 6.07) is 21.1. The molecule has 1 aliphatic heterocycles. The van der Waals surface area contributed by atoms with E-state index >= 15 is 0 Å². The fourth-order valence-electron chi connectivity index (χ4n) is 3.12. The molecule has 0 radical (unpaired) electrons. The Bertz CT molecular complexity index is 1010. The molecule has 7 nitrogen and oxygen atoms in total. The van der Waals surface area contributed by atoms with Crippen LogP contribution >= 0.6 is 0 Å². The summed E-state index contributed by atoms with van der Waals surface area (Å²) in [5, 5.41) is 5.55. The van der Waals surface area contributed by atoms with Gasteiger partial charge >= 0.3 is 0 Å². The number of anilines is 1. The maximum atomic E-state index is 12.9. The molecule has 1 aliphatic rings. The number of hydrogen-bond acceptors (Lipinski definition) is 5. The average molecular weight is 403 g/mol. The highest BCUT2D eigenvalue weighted by Gasteiger charge is 2.31. The van der Waals surface area contributed by atoms with Crippen LogP contribution in [0.25, 0.3) is 0 Å². The Kier molecular flexibility index (Phi) is 5.89. The maximum Gasteiger partial charge on any atom is 0.265 e. The summed E-state index contributed by atoms with van der Waals surface area (Å²) in [6.45, 7) is 0.0722. The molecule has 2 heterocycles. The van der Waals surface area contributed by atoms with Crippen molar-refractivity contribution in [2.24, 2.45) is 0 Å². The van der Waals surface area contributed by atoms with Gasteiger partial charge in [0, 0.05) is 12.6 Å². The SMILES string of the molecule is O=C(N[C@@H](Cc1ccccc1)C(=O)Nc1ccccn1)C1COc2ccccc2O1. The summed E-state index contributed by atoms with van der Waals surface area (Å²) in [7, 11) is 0. The molecule has 4 rings (SSSR count). The van der Waals surface area contributed by atoms with Crippen LogP contribution in [0.1, 0.15) is 5.56 Å². The molecule has 30 heavy (non-hydrogen) atoms. The lowest BCUT2D eigenvalue weighted by Crippen LogP contribution is -2.52. The van der Waals surface area contributed by atoms with Gasteiger partial charge in [0.15, 0.2) is 11.5 Å². The minimum absolute atomic E-state index is 0.0722. The number of carbonyl (C=O) groups excluding carboxylic acids is 2. The van der Waals surface area contributed by atoms with Crippen LogP contribution in [-0.2, 0) is 16.0 Å². The van der Waals surface area contributed by atoms with Crippen molar-refractivity contribution in [1.29, 1.82) is 0 Å². The van der Waals surface area contributed by atoms with Gasteiger partial charge in [-0.05, 0) is 29.8 Å². The second-order valence-corrected chi connectivity index (χ2v) is 6.82. The van der Waals surface area contributed by atoms with E-state index in [0.29, 0.717) is 23.7 Å². The Morgan fingerprint density at radius 1 is 0.967 bits per heavy atom. The van der Waals surface area contributed by atoms with Crippen LogP contribution in [-0.4, -0.2) is 35.6 Å². The normalized spacial score (nSPS) is 15.7. The van der Waals surface area contributed by atoms with E-state index in [1.165, 1.54) is 0 Å². The molecule has 2 amide bonds. The molecular formula is C23H21N3O4. The second-order valence-electron chi connectivity index (χ2n) is 6.82. The number of para-hydroxylation sites is 2. The number of nitrogens with zero attached hydrogens (tertiary/aromatic N) is 1. The van der Waals surface area contributed by atoms with Crippen LogP contribution in [0.5, 0.6) is 11.5 Å². The van der Waals surface area contributed by atoms with Gasteiger partial charge < -0.3 is 20.1 Å². The van der Waals surface area contributed by atoms with Crippen LogP contribution in [0.3, 0.4) is 0 Å². The quantitative estimate of drug-likeness (QED) is 0.660. The largest absolute Gasteiger partial charge is 0.485 e. The van der Waals surface area contributed by atoms with E-state index in [4.69, 9.17) is 9.47 Å². The first-order chi connectivity index (χ1) is 14.7. The molecule has 0 saturated carbocycles. The molecule has 1 aromatic heterocycles. The van der Waals surface area contributed by atoms with Crippen molar-refractivity contribution >= 4 is 17.6 Å². The van der Waals surface area contributed by atoms with Gasteiger partial charge in [0.2, 0.25) is 12.0 Å². The van der Waals surface area contributed by atoms with Gasteiger partial charge in [-0.15, -0.1) is 0 Å². The van der Waals surface area contributed by atoms with Gasteiger partial charge in [-0.25, -0.2) is 4.98 Å². The maximum absolute atomic E-state index is 12.9. The number of aromatic nitrogens is 1. The summed E-state index contributed by atoms with van der Waals surface area (Å²) < 4.78 is 11.4. The second kappa shape index (κ2) is 9.09.